The minimum Gasteiger partial charge on any atom is -0.321 e. The fourth-order valence-electron chi connectivity index (χ4n) is 1.89. The number of carbonyl (C=O) groups is 1. The molecule has 0 saturated carbocycles. The first-order valence-corrected chi connectivity index (χ1v) is 6.38. The first-order valence-electron chi connectivity index (χ1n) is 6.01. The van der Waals surface area contributed by atoms with Crippen LogP contribution in [0, 0.1) is 6.92 Å². The van der Waals surface area contributed by atoms with Crippen molar-refractivity contribution in [3.8, 4) is 0 Å². The summed E-state index contributed by atoms with van der Waals surface area (Å²) >= 11 is 6.03. The van der Waals surface area contributed by atoms with E-state index in [1.165, 1.54) is 0 Å². The molecule has 0 bridgehead atoms. The van der Waals surface area contributed by atoms with Crippen LogP contribution >= 0.6 is 11.6 Å². The van der Waals surface area contributed by atoms with Gasteiger partial charge in [-0.1, -0.05) is 17.7 Å². The van der Waals surface area contributed by atoms with Gasteiger partial charge in [-0.15, -0.1) is 0 Å². The molecule has 0 aliphatic heterocycles. The van der Waals surface area contributed by atoms with Crippen LogP contribution in [0.4, 0.5) is 5.69 Å². The molecule has 0 saturated heterocycles. The molecule has 0 atom stereocenters. The zero-order chi connectivity index (χ0) is 14.1. The summed E-state index contributed by atoms with van der Waals surface area (Å²) in [7, 11) is 0. The molecule has 0 fully saturated rings. The molecule has 2 N–H and O–H groups in total. The second kappa shape index (κ2) is 4.94. The lowest BCUT2D eigenvalue weighted by Crippen LogP contribution is -2.12. The summed E-state index contributed by atoms with van der Waals surface area (Å²) in [4.78, 5) is 16.2. The van der Waals surface area contributed by atoms with Gasteiger partial charge in [-0.25, -0.2) is 0 Å². The SMILES string of the molecule is Cc1ccc(NC(=O)c2n[nH]c3ccncc23)cc1Cl. The number of rotatable bonds is 2. The molecule has 1 amide bonds. The highest BCUT2D eigenvalue weighted by molar-refractivity contribution is 6.31. The topological polar surface area (TPSA) is 70.7 Å². The van der Waals surface area contributed by atoms with Gasteiger partial charge in [-0.3, -0.25) is 14.9 Å². The maximum Gasteiger partial charge on any atom is 0.276 e. The van der Waals surface area contributed by atoms with Gasteiger partial charge >= 0.3 is 0 Å². The monoisotopic (exact) mass is 286 g/mol. The van der Waals surface area contributed by atoms with E-state index in [1.807, 2.05) is 13.0 Å². The Balaban J connectivity index is 1.91. The summed E-state index contributed by atoms with van der Waals surface area (Å²) < 4.78 is 0. The predicted octanol–water partition coefficient (Wildman–Crippen LogP) is 3.17. The largest absolute Gasteiger partial charge is 0.321 e. The minimum atomic E-state index is -0.302. The van der Waals surface area contributed by atoms with Crippen molar-refractivity contribution in [3.63, 3.8) is 0 Å². The van der Waals surface area contributed by atoms with E-state index in [0.717, 1.165) is 11.1 Å². The number of aromatic amines is 1. The highest BCUT2D eigenvalue weighted by Gasteiger charge is 2.14. The Morgan fingerprint density at radius 1 is 1.35 bits per heavy atom. The van der Waals surface area contributed by atoms with Gasteiger partial charge in [0.2, 0.25) is 0 Å². The van der Waals surface area contributed by atoms with Gasteiger partial charge in [0.05, 0.1) is 10.9 Å². The molecule has 2 heterocycles. The van der Waals surface area contributed by atoms with Crippen LogP contribution in [-0.4, -0.2) is 21.1 Å². The third-order valence-corrected chi connectivity index (χ3v) is 3.42. The first kappa shape index (κ1) is 12.6. The van der Waals surface area contributed by atoms with Crippen molar-refractivity contribution in [2.45, 2.75) is 6.92 Å². The molecule has 20 heavy (non-hydrogen) atoms. The number of amides is 1. The molecular formula is C14H11ClN4O. The normalized spacial score (nSPS) is 10.7. The van der Waals surface area contributed by atoms with Crippen molar-refractivity contribution in [2.75, 3.05) is 5.32 Å². The quantitative estimate of drug-likeness (QED) is 0.760. The van der Waals surface area contributed by atoms with E-state index < -0.39 is 0 Å². The third kappa shape index (κ3) is 2.23. The Hall–Kier alpha value is -2.40. The zero-order valence-electron chi connectivity index (χ0n) is 10.6. The maximum atomic E-state index is 12.2. The van der Waals surface area contributed by atoms with Gasteiger partial charge in [0.1, 0.15) is 0 Å². The number of H-pyrrole nitrogens is 1. The molecule has 0 aliphatic rings. The number of nitrogens with one attached hydrogen (secondary N) is 2. The van der Waals surface area contributed by atoms with Crippen LogP contribution < -0.4 is 5.32 Å². The number of hydrogen-bond donors (Lipinski definition) is 2. The minimum absolute atomic E-state index is 0.302. The predicted molar refractivity (Wildman–Crippen MR) is 78.0 cm³/mol. The molecule has 6 heteroatoms. The van der Waals surface area contributed by atoms with Crippen LogP contribution in [0.1, 0.15) is 16.1 Å². The van der Waals surface area contributed by atoms with Gasteiger partial charge in [-0.05, 0) is 30.7 Å². The Morgan fingerprint density at radius 3 is 3.00 bits per heavy atom. The highest BCUT2D eigenvalue weighted by atomic mass is 35.5. The number of halogens is 1. The van der Waals surface area contributed by atoms with Crippen LogP contribution in [0.15, 0.2) is 36.7 Å². The number of carbonyl (C=O) groups excluding carboxylic acids is 1. The standard InChI is InChI=1S/C14H11ClN4O/c1-8-2-3-9(6-11(8)15)17-14(20)13-10-7-16-5-4-12(10)18-19-13/h2-7H,1H3,(H,17,20)(H,18,19). The number of aryl methyl sites for hydroxylation is 1. The van der Waals surface area contributed by atoms with E-state index in [4.69, 9.17) is 11.6 Å². The second-order valence-corrected chi connectivity index (χ2v) is 4.82. The fraction of sp³-hybridized carbons (Fsp3) is 0.0714. The van der Waals surface area contributed by atoms with Crippen LogP contribution in [0.2, 0.25) is 5.02 Å². The van der Waals surface area contributed by atoms with Gasteiger partial charge in [0.15, 0.2) is 5.69 Å². The summed E-state index contributed by atoms with van der Waals surface area (Å²) in [6.07, 6.45) is 3.25. The first-order chi connectivity index (χ1) is 9.65. The Labute approximate surface area is 120 Å². The summed E-state index contributed by atoms with van der Waals surface area (Å²) in [6.45, 7) is 1.90. The lowest BCUT2D eigenvalue weighted by molar-refractivity contribution is 0.102. The summed E-state index contributed by atoms with van der Waals surface area (Å²) in [5, 5.41) is 10.9. The second-order valence-electron chi connectivity index (χ2n) is 4.41. The van der Waals surface area contributed by atoms with Crippen molar-refractivity contribution >= 4 is 34.1 Å². The van der Waals surface area contributed by atoms with E-state index in [1.54, 1.807) is 30.6 Å². The molecule has 2 aromatic heterocycles. The number of anilines is 1. The average Bonchev–Trinajstić information content (AvgIpc) is 2.87. The Kier molecular flexibility index (Phi) is 3.12. The molecule has 3 aromatic rings. The molecule has 0 unspecified atom stereocenters. The van der Waals surface area contributed by atoms with E-state index in [0.29, 0.717) is 21.8 Å². The molecule has 0 aliphatic carbocycles. The van der Waals surface area contributed by atoms with Crippen LogP contribution in [0.25, 0.3) is 10.9 Å². The smallest absolute Gasteiger partial charge is 0.276 e. The number of hydrogen-bond acceptors (Lipinski definition) is 3. The van der Waals surface area contributed by atoms with Crippen molar-refractivity contribution in [1.29, 1.82) is 0 Å². The molecule has 3 rings (SSSR count). The van der Waals surface area contributed by atoms with Gasteiger partial charge in [0.25, 0.3) is 5.91 Å². The van der Waals surface area contributed by atoms with E-state index >= 15 is 0 Å². The zero-order valence-corrected chi connectivity index (χ0v) is 11.4. The van der Waals surface area contributed by atoms with Crippen LogP contribution in [0.3, 0.4) is 0 Å². The average molecular weight is 287 g/mol. The Bertz CT molecular complexity index is 797. The molecule has 0 spiro atoms. The number of aromatic nitrogens is 3. The van der Waals surface area contributed by atoms with Gasteiger partial charge in [0, 0.05) is 23.1 Å². The van der Waals surface area contributed by atoms with Crippen molar-refractivity contribution < 1.29 is 4.79 Å². The van der Waals surface area contributed by atoms with Crippen molar-refractivity contribution in [2.24, 2.45) is 0 Å². The lowest BCUT2D eigenvalue weighted by Gasteiger charge is -2.05. The molecule has 0 radical (unpaired) electrons. The molecule has 100 valence electrons. The summed E-state index contributed by atoms with van der Waals surface area (Å²) in [5.74, 6) is -0.302. The van der Waals surface area contributed by atoms with E-state index in [-0.39, 0.29) is 5.91 Å². The van der Waals surface area contributed by atoms with Crippen molar-refractivity contribution in [1.82, 2.24) is 15.2 Å². The maximum absolute atomic E-state index is 12.2. The van der Waals surface area contributed by atoms with Crippen LogP contribution in [-0.2, 0) is 0 Å². The number of pyridine rings is 1. The third-order valence-electron chi connectivity index (χ3n) is 3.01. The molecule has 1 aromatic carbocycles. The fourth-order valence-corrected chi connectivity index (χ4v) is 2.07. The number of benzene rings is 1. The lowest BCUT2D eigenvalue weighted by atomic mass is 10.2. The van der Waals surface area contributed by atoms with Crippen LogP contribution in [0.5, 0.6) is 0 Å². The molecular weight excluding hydrogens is 276 g/mol. The van der Waals surface area contributed by atoms with E-state index in [2.05, 4.69) is 20.5 Å². The summed E-state index contributed by atoms with van der Waals surface area (Å²) in [6, 6.07) is 7.12. The molecule has 5 nitrogen and oxygen atoms in total. The highest BCUT2D eigenvalue weighted by Crippen LogP contribution is 2.21. The number of fused-ring (bicyclic) bond motifs is 1. The Morgan fingerprint density at radius 2 is 2.20 bits per heavy atom. The van der Waals surface area contributed by atoms with Crippen molar-refractivity contribution in [3.05, 3.63) is 52.9 Å². The summed E-state index contributed by atoms with van der Waals surface area (Å²) in [5.41, 5.74) is 2.67. The number of nitrogens with zero attached hydrogens (tertiary/aromatic N) is 2. The van der Waals surface area contributed by atoms with E-state index in [9.17, 15) is 4.79 Å². The van der Waals surface area contributed by atoms with Gasteiger partial charge < -0.3 is 5.32 Å². The van der Waals surface area contributed by atoms with Gasteiger partial charge in [-0.2, -0.15) is 5.10 Å².